The predicted octanol–water partition coefficient (Wildman–Crippen LogP) is 2.43. The number of aromatic nitrogens is 4. The van der Waals surface area contributed by atoms with Gasteiger partial charge in [-0.05, 0) is 19.1 Å². The quantitative estimate of drug-likeness (QED) is 0.797. The van der Waals surface area contributed by atoms with Gasteiger partial charge in [-0.15, -0.1) is 0 Å². The minimum atomic E-state index is 0.671. The SMILES string of the molecule is COc1ccc(Nc2ncnc3c(C)nn(C)c23)c(OC)c1. The van der Waals surface area contributed by atoms with E-state index in [1.165, 1.54) is 6.33 Å². The summed E-state index contributed by atoms with van der Waals surface area (Å²) in [5.41, 5.74) is 3.33. The smallest absolute Gasteiger partial charge is 0.160 e. The summed E-state index contributed by atoms with van der Waals surface area (Å²) in [5, 5.41) is 7.66. The third kappa shape index (κ3) is 2.30. The predicted molar refractivity (Wildman–Crippen MR) is 83.9 cm³/mol. The number of ether oxygens (including phenoxy) is 2. The van der Waals surface area contributed by atoms with Crippen molar-refractivity contribution in [1.29, 1.82) is 0 Å². The molecule has 1 N–H and O–H groups in total. The first kappa shape index (κ1) is 14.1. The highest BCUT2D eigenvalue weighted by Gasteiger charge is 2.14. The molecule has 0 spiro atoms. The molecular formula is C15H17N5O2. The van der Waals surface area contributed by atoms with Gasteiger partial charge in [-0.3, -0.25) is 4.68 Å². The van der Waals surface area contributed by atoms with Crippen LogP contribution in [0.2, 0.25) is 0 Å². The summed E-state index contributed by atoms with van der Waals surface area (Å²) in [6.07, 6.45) is 1.52. The molecule has 3 rings (SSSR count). The van der Waals surface area contributed by atoms with E-state index in [4.69, 9.17) is 9.47 Å². The number of rotatable bonds is 4. The van der Waals surface area contributed by atoms with Crippen molar-refractivity contribution in [3.05, 3.63) is 30.2 Å². The number of benzene rings is 1. The average molecular weight is 299 g/mol. The molecule has 0 aliphatic carbocycles. The molecule has 22 heavy (non-hydrogen) atoms. The summed E-state index contributed by atoms with van der Waals surface area (Å²) in [7, 11) is 5.10. The number of hydrogen-bond acceptors (Lipinski definition) is 6. The van der Waals surface area contributed by atoms with Gasteiger partial charge in [0.15, 0.2) is 5.82 Å². The Kier molecular flexibility index (Phi) is 3.54. The molecule has 0 amide bonds. The van der Waals surface area contributed by atoms with Gasteiger partial charge < -0.3 is 14.8 Å². The van der Waals surface area contributed by atoms with Gasteiger partial charge in [0.1, 0.15) is 28.9 Å². The van der Waals surface area contributed by atoms with Crippen molar-refractivity contribution in [3.63, 3.8) is 0 Å². The molecular weight excluding hydrogens is 282 g/mol. The molecule has 2 aromatic heterocycles. The lowest BCUT2D eigenvalue weighted by Gasteiger charge is -2.12. The lowest BCUT2D eigenvalue weighted by molar-refractivity contribution is 0.395. The molecule has 0 unspecified atom stereocenters. The van der Waals surface area contributed by atoms with Gasteiger partial charge in [0.25, 0.3) is 0 Å². The molecule has 0 bridgehead atoms. The molecule has 0 saturated carbocycles. The van der Waals surface area contributed by atoms with Crippen molar-refractivity contribution in [2.75, 3.05) is 19.5 Å². The summed E-state index contributed by atoms with van der Waals surface area (Å²) in [5.74, 6) is 2.08. The van der Waals surface area contributed by atoms with E-state index < -0.39 is 0 Å². The van der Waals surface area contributed by atoms with Crippen LogP contribution in [-0.2, 0) is 7.05 Å². The van der Waals surface area contributed by atoms with Gasteiger partial charge in [0.2, 0.25) is 0 Å². The van der Waals surface area contributed by atoms with E-state index in [1.54, 1.807) is 18.9 Å². The summed E-state index contributed by atoms with van der Waals surface area (Å²) in [4.78, 5) is 8.61. The Morgan fingerprint density at radius 3 is 2.68 bits per heavy atom. The van der Waals surface area contributed by atoms with Crippen LogP contribution in [0.4, 0.5) is 11.5 Å². The van der Waals surface area contributed by atoms with Crippen LogP contribution in [0.1, 0.15) is 5.69 Å². The number of hydrogen-bond donors (Lipinski definition) is 1. The largest absolute Gasteiger partial charge is 0.497 e. The van der Waals surface area contributed by atoms with Crippen LogP contribution in [0, 0.1) is 6.92 Å². The molecule has 2 heterocycles. The summed E-state index contributed by atoms with van der Waals surface area (Å²) >= 11 is 0. The van der Waals surface area contributed by atoms with Crippen molar-refractivity contribution in [2.24, 2.45) is 7.05 Å². The van der Waals surface area contributed by atoms with E-state index in [1.807, 2.05) is 32.2 Å². The zero-order valence-electron chi connectivity index (χ0n) is 12.9. The lowest BCUT2D eigenvalue weighted by Crippen LogP contribution is -2.01. The number of nitrogens with zero attached hydrogens (tertiary/aromatic N) is 4. The normalized spacial score (nSPS) is 10.7. The van der Waals surface area contributed by atoms with E-state index in [-0.39, 0.29) is 0 Å². The van der Waals surface area contributed by atoms with Gasteiger partial charge in [0, 0.05) is 13.1 Å². The second kappa shape index (κ2) is 5.51. The molecule has 0 radical (unpaired) electrons. The van der Waals surface area contributed by atoms with E-state index in [0.717, 1.165) is 28.2 Å². The summed E-state index contributed by atoms with van der Waals surface area (Å²) in [6.45, 7) is 1.92. The van der Waals surface area contributed by atoms with Gasteiger partial charge in [-0.25, -0.2) is 9.97 Å². The van der Waals surface area contributed by atoms with Crippen molar-refractivity contribution in [1.82, 2.24) is 19.7 Å². The van der Waals surface area contributed by atoms with E-state index in [2.05, 4.69) is 20.4 Å². The Hall–Kier alpha value is -2.83. The molecule has 0 fully saturated rings. The zero-order chi connectivity index (χ0) is 15.7. The number of aryl methyl sites for hydroxylation is 2. The van der Waals surface area contributed by atoms with E-state index in [0.29, 0.717) is 11.6 Å². The highest BCUT2D eigenvalue weighted by atomic mass is 16.5. The Morgan fingerprint density at radius 1 is 1.14 bits per heavy atom. The monoisotopic (exact) mass is 299 g/mol. The van der Waals surface area contributed by atoms with Crippen LogP contribution >= 0.6 is 0 Å². The highest BCUT2D eigenvalue weighted by molar-refractivity contribution is 5.89. The second-order valence-corrected chi connectivity index (χ2v) is 4.82. The molecule has 7 nitrogen and oxygen atoms in total. The van der Waals surface area contributed by atoms with Crippen LogP contribution in [-0.4, -0.2) is 34.0 Å². The summed E-state index contributed by atoms with van der Waals surface area (Å²) in [6, 6.07) is 5.56. The third-order valence-corrected chi connectivity index (χ3v) is 3.45. The number of anilines is 2. The fourth-order valence-corrected chi connectivity index (χ4v) is 2.39. The first-order chi connectivity index (χ1) is 10.6. The van der Waals surface area contributed by atoms with Crippen LogP contribution in [0.25, 0.3) is 11.0 Å². The molecule has 0 atom stereocenters. The minimum Gasteiger partial charge on any atom is -0.497 e. The van der Waals surface area contributed by atoms with Crippen LogP contribution in [0.3, 0.4) is 0 Å². The highest BCUT2D eigenvalue weighted by Crippen LogP contribution is 2.32. The molecule has 0 aliphatic heterocycles. The van der Waals surface area contributed by atoms with Gasteiger partial charge >= 0.3 is 0 Å². The maximum atomic E-state index is 5.40. The van der Waals surface area contributed by atoms with Crippen LogP contribution in [0.5, 0.6) is 11.5 Å². The maximum Gasteiger partial charge on any atom is 0.160 e. The molecule has 114 valence electrons. The fraction of sp³-hybridized carbons (Fsp3) is 0.267. The molecule has 7 heteroatoms. The molecule has 0 aliphatic rings. The number of nitrogens with one attached hydrogen (secondary N) is 1. The van der Waals surface area contributed by atoms with Gasteiger partial charge in [0.05, 0.1) is 25.6 Å². The number of fused-ring (bicyclic) bond motifs is 1. The third-order valence-electron chi connectivity index (χ3n) is 3.45. The Labute approximate surface area is 127 Å². The van der Waals surface area contributed by atoms with Crippen molar-refractivity contribution >= 4 is 22.5 Å². The van der Waals surface area contributed by atoms with Crippen LogP contribution in [0.15, 0.2) is 24.5 Å². The maximum absolute atomic E-state index is 5.40. The van der Waals surface area contributed by atoms with Crippen molar-refractivity contribution < 1.29 is 9.47 Å². The first-order valence-corrected chi connectivity index (χ1v) is 6.77. The summed E-state index contributed by atoms with van der Waals surface area (Å²) < 4.78 is 12.4. The van der Waals surface area contributed by atoms with E-state index >= 15 is 0 Å². The van der Waals surface area contributed by atoms with Crippen molar-refractivity contribution in [3.8, 4) is 11.5 Å². The lowest BCUT2D eigenvalue weighted by atomic mass is 10.2. The standard InChI is InChI=1S/C15H17N5O2/c1-9-13-14(20(2)19-9)15(17-8-16-13)18-11-6-5-10(21-3)7-12(11)22-4/h5-8H,1-4H3,(H,16,17,18). The van der Waals surface area contributed by atoms with Gasteiger partial charge in [-0.1, -0.05) is 0 Å². The first-order valence-electron chi connectivity index (χ1n) is 6.77. The average Bonchev–Trinajstić information content (AvgIpc) is 2.83. The van der Waals surface area contributed by atoms with Crippen molar-refractivity contribution in [2.45, 2.75) is 6.92 Å². The number of methoxy groups -OCH3 is 2. The molecule has 1 aromatic carbocycles. The Bertz CT molecular complexity index is 828. The molecule has 0 saturated heterocycles. The Morgan fingerprint density at radius 2 is 1.95 bits per heavy atom. The topological polar surface area (TPSA) is 74.1 Å². The van der Waals surface area contributed by atoms with E-state index in [9.17, 15) is 0 Å². The Balaban J connectivity index is 2.07. The van der Waals surface area contributed by atoms with Crippen LogP contribution < -0.4 is 14.8 Å². The van der Waals surface area contributed by atoms with Gasteiger partial charge in [-0.2, -0.15) is 5.10 Å². The fourth-order valence-electron chi connectivity index (χ4n) is 2.39. The zero-order valence-corrected chi connectivity index (χ0v) is 12.9. The minimum absolute atomic E-state index is 0.671. The second-order valence-electron chi connectivity index (χ2n) is 4.82. The molecule has 3 aromatic rings.